The van der Waals surface area contributed by atoms with Gasteiger partial charge in [-0.2, -0.15) is 0 Å². The molecule has 1 heterocycles. The number of anilines is 1. The van der Waals surface area contributed by atoms with Gasteiger partial charge in [0.1, 0.15) is 0 Å². The van der Waals surface area contributed by atoms with Crippen molar-refractivity contribution in [1.82, 2.24) is 9.55 Å². The van der Waals surface area contributed by atoms with Crippen molar-refractivity contribution < 1.29 is 9.53 Å². The van der Waals surface area contributed by atoms with Crippen LogP contribution in [0.1, 0.15) is 45.6 Å². The van der Waals surface area contributed by atoms with Crippen molar-refractivity contribution in [3.05, 3.63) is 22.7 Å². The Morgan fingerprint density at radius 3 is 2.62 bits per heavy atom. The number of esters is 1. The number of nitrogens with one attached hydrogen (secondary N) is 1. The SMILES string of the molecule is COC(=O)C1CCC(Nc2nccn(C(C)C)c2=O)CC1. The van der Waals surface area contributed by atoms with Crippen molar-refractivity contribution >= 4 is 11.8 Å². The summed E-state index contributed by atoms with van der Waals surface area (Å²) in [6.45, 7) is 3.93. The maximum absolute atomic E-state index is 12.3. The fourth-order valence-electron chi connectivity index (χ4n) is 2.76. The van der Waals surface area contributed by atoms with Crippen LogP contribution in [0.5, 0.6) is 0 Å². The van der Waals surface area contributed by atoms with E-state index in [1.807, 2.05) is 13.8 Å². The van der Waals surface area contributed by atoms with Gasteiger partial charge >= 0.3 is 5.97 Å². The Kier molecular flexibility index (Phi) is 4.98. The van der Waals surface area contributed by atoms with Gasteiger partial charge in [0.25, 0.3) is 5.56 Å². The monoisotopic (exact) mass is 293 g/mol. The van der Waals surface area contributed by atoms with E-state index < -0.39 is 0 Å². The van der Waals surface area contributed by atoms with E-state index in [0.717, 1.165) is 25.7 Å². The van der Waals surface area contributed by atoms with E-state index in [4.69, 9.17) is 4.74 Å². The summed E-state index contributed by atoms with van der Waals surface area (Å²) in [5.74, 6) is 0.255. The molecule has 2 rings (SSSR count). The Balaban J connectivity index is 2.00. The van der Waals surface area contributed by atoms with Crippen LogP contribution in [-0.4, -0.2) is 28.7 Å². The normalized spacial score (nSPS) is 22.1. The highest BCUT2D eigenvalue weighted by Crippen LogP contribution is 2.26. The first kappa shape index (κ1) is 15.5. The van der Waals surface area contributed by atoms with E-state index in [1.54, 1.807) is 17.0 Å². The number of nitrogens with zero attached hydrogens (tertiary/aromatic N) is 2. The Bertz CT molecular complexity index is 545. The maximum Gasteiger partial charge on any atom is 0.308 e. The molecule has 0 bridgehead atoms. The Labute approximate surface area is 124 Å². The number of carbonyl (C=O) groups excluding carboxylic acids is 1. The van der Waals surface area contributed by atoms with Crippen LogP contribution in [0.4, 0.5) is 5.82 Å². The van der Waals surface area contributed by atoms with E-state index in [0.29, 0.717) is 5.82 Å². The number of carbonyl (C=O) groups is 1. The van der Waals surface area contributed by atoms with E-state index in [9.17, 15) is 9.59 Å². The van der Waals surface area contributed by atoms with Gasteiger partial charge in [-0.05, 0) is 39.5 Å². The maximum atomic E-state index is 12.3. The van der Waals surface area contributed by atoms with E-state index in [2.05, 4.69) is 10.3 Å². The minimum absolute atomic E-state index is 0.0101. The second-order valence-electron chi connectivity index (χ2n) is 5.80. The average molecular weight is 293 g/mol. The summed E-state index contributed by atoms with van der Waals surface area (Å²) in [6.07, 6.45) is 6.61. The molecule has 1 aromatic rings. The van der Waals surface area contributed by atoms with E-state index >= 15 is 0 Å². The largest absolute Gasteiger partial charge is 0.469 e. The molecule has 0 amide bonds. The van der Waals surface area contributed by atoms with Crippen molar-refractivity contribution in [3.8, 4) is 0 Å². The predicted molar refractivity (Wildman–Crippen MR) is 80.3 cm³/mol. The fraction of sp³-hybridized carbons (Fsp3) is 0.667. The molecule has 0 atom stereocenters. The molecule has 1 aromatic heterocycles. The number of hydrogen-bond acceptors (Lipinski definition) is 5. The summed E-state index contributed by atoms with van der Waals surface area (Å²) >= 11 is 0. The highest BCUT2D eigenvalue weighted by Gasteiger charge is 2.27. The van der Waals surface area contributed by atoms with Gasteiger partial charge in [-0.1, -0.05) is 0 Å². The van der Waals surface area contributed by atoms with Crippen molar-refractivity contribution in [2.45, 2.75) is 51.6 Å². The van der Waals surface area contributed by atoms with Crippen LogP contribution in [0.3, 0.4) is 0 Å². The molecule has 1 aliphatic rings. The van der Waals surface area contributed by atoms with Gasteiger partial charge < -0.3 is 14.6 Å². The second-order valence-corrected chi connectivity index (χ2v) is 5.80. The molecule has 6 nitrogen and oxygen atoms in total. The third-order valence-corrected chi connectivity index (χ3v) is 4.03. The Morgan fingerprint density at radius 1 is 1.38 bits per heavy atom. The topological polar surface area (TPSA) is 73.2 Å². The molecule has 1 N–H and O–H groups in total. The molecular weight excluding hydrogens is 270 g/mol. The van der Waals surface area contributed by atoms with Crippen molar-refractivity contribution in [1.29, 1.82) is 0 Å². The zero-order valence-electron chi connectivity index (χ0n) is 12.8. The number of aromatic nitrogens is 2. The standard InChI is InChI=1S/C15H23N3O3/c1-10(2)18-9-8-16-13(14(18)19)17-12-6-4-11(5-7-12)15(20)21-3/h8-12H,4-7H2,1-3H3,(H,16,17). The third kappa shape index (κ3) is 3.62. The molecule has 0 aliphatic heterocycles. The first-order valence-electron chi connectivity index (χ1n) is 7.44. The molecule has 0 spiro atoms. The van der Waals surface area contributed by atoms with Gasteiger partial charge in [0.15, 0.2) is 5.82 Å². The number of ether oxygens (including phenoxy) is 1. The third-order valence-electron chi connectivity index (χ3n) is 4.03. The highest BCUT2D eigenvalue weighted by molar-refractivity contribution is 5.72. The molecule has 0 saturated heterocycles. The summed E-state index contributed by atoms with van der Waals surface area (Å²) in [5.41, 5.74) is -0.0948. The number of rotatable bonds is 4. The van der Waals surface area contributed by atoms with Gasteiger partial charge in [0.2, 0.25) is 0 Å². The van der Waals surface area contributed by atoms with Gasteiger partial charge in [-0.25, -0.2) is 4.98 Å². The van der Waals surface area contributed by atoms with Crippen molar-refractivity contribution in [2.24, 2.45) is 5.92 Å². The lowest BCUT2D eigenvalue weighted by molar-refractivity contribution is -0.146. The van der Waals surface area contributed by atoms with Crippen LogP contribution >= 0.6 is 0 Å². The fourth-order valence-corrected chi connectivity index (χ4v) is 2.76. The summed E-state index contributed by atoms with van der Waals surface area (Å²) in [5, 5.41) is 3.23. The van der Waals surface area contributed by atoms with Crippen LogP contribution in [-0.2, 0) is 9.53 Å². The molecule has 21 heavy (non-hydrogen) atoms. The summed E-state index contributed by atoms with van der Waals surface area (Å²) in [6, 6.07) is 0.297. The first-order valence-corrected chi connectivity index (χ1v) is 7.44. The summed E-state index contributed by atoms with van der Waals surface area (Å²) in [4.78, 5) is 27.9. The van der Waals surface area contributed by atoms with Gasteiger partial charge in [0.05, 0.1) is 13.0 Å². The minimum atomic E-state index is -0.131. The van der Waals surface area contributed by atoms with E-state index in [-0.39, 0.29) is 29.5 Å². The van der Waals surface area contributed by atoms with Crippen LogP contribution in [0.25, 0.3) is 0 Å². The van der Waals surface area contributed by atoms with Gasteiger partial charge in [0, 0.05) is 24.5 Å². The zero-order chi connectivity index (χ0) is 15.4. The molecule has 116 valence electrons. The summed E-state index contributed by atoms with van der Waals surface area (Å²) in [7, 11) is 1.43. The molecular formula is C15H23N3O3. The van der Waals surface area contributed by atoms with Gasteiger partial charge in [-0.3, -0.25) is 9.59 Å². The molecule has 1 aliphatic carbocycles. The van der Waals surface area contributed by atoms with Crippen LogP contribution < -0.4 is 10.9 Å². The predicted octanol–water partition coefficient (Wildman–Crippen LogP) is 1.97. The summed E-state index contributed by atoms with van der Waals surface area (Å²) < 4.78 is 6.44. The molecule has 6 heteroatoms. The number of methoxy groups -OCH3 is 1. The molecule has 1 fully saturated rings. The van der Waals surface area contributed by atoms with Crippen LogP contribution in [0.15, 0.2) is 17.2 Å². The molecule has 1 saturated carbocycles. The average Bonchev–Trinajstić information content (AvgIpc) is 2.49. The first-order chi connectivity index (χ1) is 10.0. The molecule has 0 radical (unpaired) electrons. The smallest absolute Gasteiger partial charge is 0.308 e. The number of hydrogen-bond donors (Lipinski definition) is 1. The Hall–Kier alpha value is -1.85. The lowest BCUT2D eigenvalue weighted by Gasteiger charge is -2.27. The Morgan fingerprint density at radius 2 is 2.05 bits per heavy atom. The zero-order valence-corrected chi connectivity index (χ0v) is 12.8. The quantitative estimate of drug-likeness (QED) is 0.859. The van der Waals surface area contributed by atoms with Crippen molar-refractivity contribution in [2.75, 3.05) is 12.4 Å². The molecule has 0 unspecified atom stereocenters. The minimum Gasteiger partial charge on any atom is -0.469 e. The lowest BCUT2D eigenvalue weighted by Crippen LogP contribution is -2.33. The van der Waals surface area contributed by atoms with Crippen LogP contribution in [0, 0.1) is 5.92 Å². The molecule has 0 aromatic carbocycles. The lowest BCUT2D eigenvalue weighted by atomic mass is 9.86. The highest BCUT2D eigenvalue weighted by atomic mass is 16.5. The van der Waals surface area contributed by atoms with E-state index in [1.165, 1.54) is 7.11 Å². The second kappa shape index (κ2) is 6.74. The van der Waals surface area contributed by atoms with Crippen LogP contribution in [0.2, 0.25) is 0 Å². The van der Waals surface area contributed by atoms with Gasteiger partial charge in [-0.15, -0.1) is 0 Å². The van der Waals surface area contributed by atoms with Crippen molar-refractivity contribution in [3.63, 3.8) is 0 Å².